The molecule has 4 nitrogen and oxygen atoms in total. The summed E-state index contributed by atoms with van der Waals surface area (Å²) in [4.78, 5) is 12.8. The number of fused-ring (bicyclic) bond motifs is 1. The van der Waals surface area contributed by atoms with Gasteiger partial charge in [-0.15, -0.1) is 0 Å². The van der Waals surface area contributed by atoms with Crippen LogP contribution < -0.4 is 9.47 Å². The smallest absolute Gasteiger partial charge is 0.262 e. The van der Waals surface area contributed by atoms with Gasteiger partial charge in [0, 0.05) is 17.1 Å². The summed E-state index contributed by atoms with van der Waals surface area (Å²) in [6, 6.07) is 12.9. The fraction of sp³-hybridized carbons (Fsp3) is 0.167. The van der Waals surface area contributed by atoms with Crippen LogP contribution in [0.4, 0.5) is 0 Å². The molecular weight excluding hydrogens is 278 g/mol. The van der Waals surface area contributed by atoms with E-state index in [1.54, 1.807) is 49.2 Å². The molecule has 1 aromatic heterocycles. The monoisotopic (exact) mass is 295 g/mol. The number of benzene rings is 2. The molecule has 0 N–H and O–H groups in total. The van der Waals surface area contributed by atoms with Gasteiger partial charge in [0.15, 0.2) is 0 Å². The molecule has 1 heterocycles. The molecule has 0 unspecified atom stereocenters. The van der Waals surface area contributed by atoms with E-state index in [9.17, 15) is 4.79 Å². The Bertz CT molecular complexity index is 831. The molecule has 0 aliphatic rings. The van der Waals surface area contributed by atoms with Gasteiger partial charge in [0.2, 0.25) is 0 Å². The van der Waals surface area contributed by atoms with Crippen LogP contribution in [0.1, 0.15) is 15.9 Å². The summed E-state index contributed by atoms with van der Waals surface area (Å²) in [5.41, 5.74) is 2.50. The molecule has 0 radical (unpaired) electrons. The normalized spacial score (nSPS) is 10.7. The van der Waals surface area contributed by atoms with Crippen molar-refractivity contribution in [1.29, 1.82) is 0 Å². The van der Waals surface area contributed by atoms with E-state index in [0.717, 1.165) is 22.2 Å². The van der Waals surface area contributed by atoms with E-state index in [1.807, 2.05) is 25.1 Å². The number of carbonyl (C=O) groups is 1. The molecule has 0 saturated carbocycles. The summed E-state index contributed by atoms with van der Waals surface area (Å²) in [6.07, 6.45) is 1.78. The highest BCUT2D eigenvalue weighted by Gasteiger charge is 2.16. The second-order valence-corrected chi connectivity index (χ2v) is 5.07. The molecule has 0 fully saturated rings. The Balaban J connectivity index is 2.12. The summed E-state index contributed by atoms with van der Waals surface area (Å²) in [6.45, 7) is 2.02. The minimum absolute atomic E-state index is 0.0958. The summed E-state index contributed by atoms with van der Waals surface area (Å²) >= 11 is 0. The fourth-order valence-electron chi connectivity index (χ4n) is 2.58. The Morgan fingerprint density at radius 1 is 0.955 bits per heavy atom. The van der Waals surface area contributed by atoms with Crippen LogP contribution in [0.3, 0.4) is 0 Å². The van der Waals surface area contributed by atoms with Gasteiger partial charge in [-0.3, -0.25) is 9.36 Å². The van der Waals surface area contributed by atoms with Crippen LogP contribution in [-0.4, -0.2) is 24.7 Å². The lowest BCUT2D eigenvalue weighted by Gasteiger charge is -2.09. The lowest BCUT2D eigenvalue weighted by molar-refractivity contribution is 0.0964. The van der Waals surface area contributed by atoms with Crippen molar-refractivity contribution >= 4 is 16.8 Å². The van der Waals surface area contributed by atoms with Gasteiger partial charge in [-0.1, -0.05) is 6.07 Å². The first kappa shape index (κ1) is 14.2. The maximum absolute atomic E-state index is 12.8. The molecule has 3 rings (SSSR count). The fourth-order valence-corrected chi connectivity index (χ4v) is 2.58. The van der Waals surface area contributed by atoms with Gasteiger partial charge in [-0.25, -0.2) is 0 Å². The highest BCUT2D eigenvalue weighted by Crippen LogP contribution is 2.30. The van der Waals surface area contributed by atoms with Gasteiger partial charge in [0.1, 0.15) is 11.5 Å². The lowest BCUT2D eigenvalue weighted by atomic mass is 10.1. The number of hydrogen-bond donors (Lipinski definition) is 0. The number of aromatic nitrogens is 1. The van der Waals surface area contributed by atoms with Crippen molar-refractivity contribution in [3.63, 3.8) is 0 Å². The first-order chi connectivity index (χ1) is 10.7. The van der Waals surface area contributed by atoms with Crippen molar-refractivity contribution < 1.29 is 14.3 Å². The minimum Gasteiger partial charge on any atom is -0.497 e. The zero-order valence-corrected chi connectivity index (χ0v) is 12.8. The Kier molecular flexibility index (Phi) is 3.59. The van der Waals surface area contributed by atoms with Crippen molar-refractivity contribution in [3.8, 4) is 11.5 Å². The third kappa shape index (κ3) is 2.22. The predicted octanol–water partition coefficient (Wildman–Crippen LogP) is 3.66. The maximum Gasteiger partial charge on any atom is 0.262 e. The van der Waals surface area contributed by atoms with Crippen LogP contribution >= 0.6 is 0 Å². The highest BCUT2D eigenvalue weighted by molar-refractivity contribution is 6.04. The number of hydrogen-bond acceptors (Lipinski definition) is 3. The quantitative estimate of drug-likeness (QED) is 0.740. The van der Waals surface area contributed by atoms with Gasteiger partial charge in [-0.05, 0) is 48.9 Å². The molecule has 112 valence electrons. The van der Waals surface area contributed by atoms with E-state index >= 15 is 0 Å². The SMILES string of the molecule is COc1ccc(C(=O)n2ccc3c(C)ccc(OC)c32)cc1. The molecule has 2 aromatic carbocycles. The zero-order valence-electron chi connectivity index (χ0n) is 12.8. The second-order valence-electron chi connectivity index (χ2n) is 5.07. The number of carbonyl (C=O) groups excluding carboxylic acids is 1. The third-order valence-corrected chi connectivity index (χ3v) is 3.80. The molecular formula is C18H17NO3. The molecule has 0 bridgehead atoms. The van der Waals surface area contributed by atoms with Crippen molar-refractivity contribution in [2.45, 2.75) is 6.92 Å². The van der Waals surface area contributed by atoms with Crippen molar-refractivity contribution in [3.05, 3.63) is 59.8 Å². The van der Waals surface area contributed by atoms with Gasteiger partial charge >= 0.3 is 0 Å². The van der Waals surface area contributed by atoms with Crippen LogP contribution in [0.25, 0.3) is 10.9 Å². The molecule has 0 amide bonds. The summed E-state index contributed by atoms with van der Waals surface area (Å²) < 4.78 is 12.2. The molecule has 0 aliphatic heterocycles. The standard InChI is InChI=1S/C18H17NO3/c1-12-4-9-16(22-3)17-15(12)10-11-19(17)18(20)13-5-7-14(21-2)8-6-13/h4-11H,1-3H3. The Hall–Kier alpha value is -2.75. The Morgan fingerprint density at radius 2 is 1.68 bits per heavy atom. The van der Waals surface area contributed by atoms with Crippen LogP contribution in [0, 0.1) is 6.92 Å². The van der Waals surface area contributed by atoms with Crippen molar-refractivity contribution in [2.24, 2.45) is 0 Å². The molecule has 0 spiro atoms. The zero-order chi connectivity index (χ0) is 15.7. The number of rotatable bonds is 3. The Morgan fingerprint density at radius 3 is 2.32 bits per heavy atom. The number of ether oxygens (including phenoxy) is 2. The first-order valence-electron chi connectivity index (χ1n) is 6.99. The van der Waals surface area contributed by atoms with Gasteiger partial charge in [0.05, 0.1) is 19.7 Å². The Labute approximate surface area is 128 Å². The van der Waals surface area contributed by atoms with Crippen LogP contribution in [0.2, 0.25) is 0 Å². The number of aryl methyl sites for hydroxylation is 1. The largest absolute Gasteiger partial charge is 0.497 e. The highest BCUT2D eigenvalue weighted by atomic mass is 16.5. The summed E-state index contributed by atoms with van der Waals surface area (Å²) in [5.74, 6) is 1.32. The van der Waals surface area contributed by atoms with Crippen LogP contribution in [0.5, 0.6) is 11.5 Å². The topological polar surface area (TPSA) is 40.5 Å². The molecule has 22 heavy (non-hydrogen) atoms. The molecule has 4 heteroatoms. The van der Waals surface area contributed by atoms with E-state index in [-0.39, 0.29) is 5.91 Å². The van der Waals surface area contributed by atoms with Gasteiger partial charge in [0.25, 0.3) is 5.91 Å². The van der Waals surface area contributed by atoms with E-state index < -0.39 is 0 Å². The molecule has 0 aliphatic carbocycles. The van der Waals surface area contributed by atoms with E-state index in [0.29, 0.717) is 11.3 Å². The third-order valence-electron chi connectivity index (χ3n) is 3.80. The second kappa shape index (κ2) is 5.56. The maximum atomic E-state index is 12.8. The first-order valence-corrected chi connectivity index (χ1v) is 6.99. The van der Waals surface area contributed by atoms with Crippen molar-refractivity contribution in [2.75, 3.05) is 14.2 Å². The van der Waals surface area contributed by atoms with Crippen LogP contribution in [-0.2, 0) is 0 Å². The van der Waals surface area contributed by atoms with E-state index in [4.69, 9.17) is 9.47 Å². The summed E-state index contributed by atoms with van der Waals surface area (Å²) in [5, 5.41) is 1.02. The average molecular weight is 295 g/mol. The average Bonchev–Trinajstić information content (AvgIpc) is 3.01. The minimum atomic E-state index is -0.0958. The summed E-state index contributed by atoms with van der Waals surface area (Å²) in [7, 11) is 3.21. The van der Waals surface area contributed by atoms with Gasteiger partial charge in [-0.2, -0.15) is 0 Å². The van der Waals surface area contributed by atoms with Crippen molar-refractivity contribution in [1.82, 2.24) is 4.57 Å². The van der Waals surface area contributed by atoms with E-state index in [1.165, 1.54) is 0 Å². The number of methoxy groups -OCH3 is 2. The lowest BCUT2D eigenvalue weighted by Crippen LogP contribution is -2.11. The van der Waals surface area contributed by atoms with E-state index in [2.05, 4.69) is 0 Å². The molecule has 3 aromatic rings. The molecule has 0 atom stereocenters. The van der Waals surface area contributed by atoms with Crippen LogP contribution in [0.15, 0.2) is 48.7 Å². The number of nitrogens with zero attached hydrogens (tertiary/aromatic N) is 1. The predicted molar refractivity (Wildman–Crippen MR) is 85.9 cm³/mol. The molecule has 0 saturated heterocycles. The van der Waals surface area contributed by atoms with Gasteiger partial charge < -0.3 is 9.47 Å².